The maximum absolute atomic E-state index is 11.7. The number of nitrogens with zero attached hydrogens (tertiary/aromatic N) is 4. The van der Waals surface area contributed by atoms with Crippen molar-refractivity contribution in [2.24, 2.45) is 0 Å². The summed E-state index contributed by atoms with van der Waals surface area (Å²) in [4.78, 5) is 30.5. The molecule has 0 unspecified atom stereocenters. The first-order chi connectivity index (χ1) is 7.86. The van der Waals surface area contributed by atoms with Gasteiger partial charge in [0.2, 0.25) is 0 Å². The molecule has 0 atom stereocenters. The van der Waals surface area contributed by atoms with E-state index in [-0.39, 0.29) is 23.2 Å². The molecule has 0 bridgehead atoms. The molecule has 8 heteroatoms. The first-order valence-electron chi connectivity index (χ1n) is 4.36. The monoisotopic (exact) mass is 395 g/mol. The average molecular weight is 394 g/mol. The van der Waals surface area contributed by atoms with Crippen molar-refractivity contribution in [2.45, 2.75) is 0 Å². The van der Waals surface area contributed by atoms with E-state index in [1.807, 2.05) is 0 Å². The van der Waals surface area contributed by atoms with Crippen LogP contribution in [0.4, 0.5) is 0 Å². The molecule has 7 nitrogen and oxygen atoms in total. The van der Waals surface area contributed by atoms with Crippen molar-refractivity contribution in [3.8, 4) is 0 Å². The molecule has 0 aliphatic heterocycles. The first-order valence-corrected chi connectivity index (χ1v) is 5.22. The van der Waals surface area contributed by atoms with E-state index in [0.29, 0.717) is 0 Å². The third-order valence-electron chi connectivity index (χ3n) is 1.86. The summed E-state index contributed by atoms with van der Waals surface area (Å²) in [5.74, 6) is -0.381. The third-order valence-corrected chi connectivity index (χ3v) is 2.58. The minimum atomic E-state index is -0.630. The van der Waals surface area contributed by atoms with E-state index >= 15 is 0 Å². The molecule has 1 heterocycles. The Hall–Kier alpha value is -0.791. The van der Waals surface area contributed by atoms with Crippen molar-refractivity contribution in [3.63, 3.8) is 0 Å². The van der Waals surface area contributed by atoms with E-state index < -0.39 is 4.92 Å². The molecule has 0 aliphatic carbocycles. The van der Waals surface area contributed by atoms with E-state index in [1.54, 1.807) is 14.1 Å². The van der Waals surface area contributed by atoms with Crippen molar-refractivity contribution in [1.29, 1.82) is 0 Å². The van der Waals surface area contributed by atoms with Crippen molar-refractivity contribution >= 4 is 6.27 Å². The molecular weight excluding hydrogens is 385 g/mol. The second-order valence-electron chi connectivity index (χ2n) is 3.24. The van der Waals surface area contributed by atoms with Gasteiger partial charge < -0.3 is 0 Å². The summed E-state index contributed by atoms with van der Waals surface area (Å²) in [6.07, 6.45) is 1.10. The maximum atomic E-state index is 11.7. The van der Waals surface area contributed by atoms with Gasteiger partial charge in [-0.3, -0.25) is 0 Å². The second kappa shape index (κ2) is 5.70. The van der Waals surface area contributed by atoms with Gasteiger partial charge in [-0.25, -0.2) is 0 Å². The van der Waals surface area contributed by atoms with Gasteiger partial charge in [-0.2, -0.15) is 0 Å². The SMILES string of the molecule is [CH2-]c1c(C(=O)N(C)C)ncnc1[C](=[Yb])[N+](=O)[O-]. The summed E-state index contributed by atoms with van der Waals surface area (Å²) >= 11 is 2.40. The molecule has 0 aliphatic rings. The Morgan fingerprint density at radius 3 is 2.47 bits per heavy atom. The second-order valence-corrected chi connectivity index (χ2v) is 4.06. The number of aromatic nitrogens is 2. The van der Waals surface area contributed by atoms with Crippen molar-refractivity contribution in [1.82, 2.24) is 14.9 Å². The fraction of sp³-hybridized carbons (Fsp3) is 0.222. The van der Waals surface area contributed by atoms with Crippen LogP contribution < -0.4 is 0 Å². The Bertz CT molecular complexity index is 501. The number of hydrogen-bond acceptors (Lipinski definition) is 5. The number of rotatable bonds is 3. The van der Waals surface area contributed by atoms with Gasteiger partial charge in [-0.1, -0.05) is 0 Å². The summed E-state index contributed by atoms with van der Waals surface area (Å²) in [5, 5.41) is 10.6. The van der Waals surface area contributed by atoms with Crippen LogP contribution in [0.15, 0.2) is 6.33 Å². The van der Waals surface area contributed by atoms with Crippen LogP contribution in [-0.2, 0) is 0 Å². The molecule has 17 heavy (non-hydrogen) atoms. The molecule has 98 valence electrons. The summed E-state index contributed by atoms with van der Waals surface area (Å²) in [6, 6.07) is 0. The zero-order valence-corrected chi connectivity index (χ0v) is 10.8. The Balaban J connectivity index is 3.30. The van der Waals surface area contributed by atoms with Gasteiger partial charge in [0, 0.05) is 0 Å². The van der Waals surface area contributed by atoms with Crippen LogP contribution in [0.1, 0.15) is 21.7 Å². The Morgan fingerprint density at radius 1 is 1.47 bits per heavy atom. The normalized spacial score (nSPS) is 9.88. The van der Waals surface area contributed by atoms with Gasteiger partial charge in [-0.05, 0) is 0 Å². The standard InChI is InChI=1S/C9H9N4O3.Yb/c1-6-7(4-13(15)16)10-5-11-8(6)9(14)12(2)3;/h5H,1H2,2-3H3;/q-1;. The number of carbonyl (C=O) groups excluding carboxylic acids is 1. The summed E-state index contributed by atoms with van der Waals surface area (Å²) in [7, 11) is 3.11. The Labute approximate surface area is 128 Å². The molecule has 1 rings (SSSR count). The van der Waals surface area contributed by atoms with Crippen LogP contribution in [0.25, 0.3) is 0 Å². The average Bonchev–Trinajstić information content (AvgIpc) is 2.27. The molecular formula is C9H9N4O3Yb-. The van der Waals surface area contributed by atoms with Crippen LogP contribution in [0.3, 0.4) is 0 Å². The van der Waals surface area contributed by atoms with Crippen LogP contribution in [0.5, 0.6) is 0 Å². The van der Waals surface area contributed by atoms with E-state index in [1.165, 1.54) is 4.90 Å². The van der Waals surface area contributed by atoms with Gasteiger partial charge in [0.1, 0.15) is 0 Å². The summed E-state index contributed by atoms with van der Waals surface area (Å²) in [6.45, 7) is 3.61. The van der Waals surface area contributed by atoms with E-state index in [2.05, 4.69) is 61.0 Å². The van der Waals surface area contributed by atoms with Crippen LogP contribution in [-0.4, -0.2) is 40.2 Å². The summed E-state index contributed by atoms with van der Waals surface area (Å²) in [5.41, 5.74) is 0.198. The van der Waals surface area contributed by atoms with Gasteiger partial charge >= 0.3 is 129 Å². The van der Waals surface area contributed by atoms with Crippen molar-refractivity contribution in [2.75, 3.05) is 14.1 Å². The predicted octanol–water partition coefficient (Wildman–Crippen LogP) is -0.335. The number of hydrogen-bond donors (Lipinski definition) is 0. The molecule has 0 saturated heterocycles. The number of carbonyl (C=O) groups is 1. The summed E-state index contributed by atoms with van der Waals surface area (Å²) < 4.78 is -0.301. The molecule has 1 aromatic rings. The van der Waals surface area contributed by atoms with Crippen LogP contribution in [0.2, 0.25) is 0 Å². The Morgan fingerprint density at radius 2 is 2.00 bits per heavy atom. The molecule has 1 amide bonds. The zero-order chi connectivity index (χ0) is 13.2. The fourth-order valence-corrected chi connectivity index (χ4v) is 1.42. The van der Waals surface area contributed by atoms with E-state index in [4.69, 9.17) is 0 Å². The van der Waals surface area contributed by atoms with Crippen LogP contribution in [0, 0.1) is 61.1 Å². The molecule has 0 saturated carbocycles. The molecule has 0 N–H and O–H groups in total. The molecule has 1 aromatic heterocycles. The predicted molar refractivity (Wildman–Crippen MR) is 55.6 cm³/mol. The quantitative estimate of drug-likeness (QED) is 0.398. The molecule has 0 aromatic carbocycles. The molecule has 0 spiro atoms. The van der Waals surface area contributed by atoms with Gasteiger partial charge in [0.15, 0.2) is 0 Å². The van der Waals surface area contributed by atoms with Crippen LogP contribution >= 0.6 is 0 Å². The third kappa shape index (κ3) is 3.11. The number of amides is 1. The van der Waals surface area contributed by atoms with Crippen molar-refractivity contribution < 1.29 is 53.8 Å². The molecule has 0 fully saturated rings. The topological polar surface area (TPSA) is 89.2 Å². The first kappa shape index (κ1) is 14.3. The van der Waals surface area contributed by atoms with E-state index in [0.717, 1.165) is 6.33 Å². The minimum absolute atomic E-state index is 0.0172. The van der Waals surface area contributed by atoms with Gasteiger partial charge in [0.05, 0.1) is 0 Å². The van der Waals surface area contributed by atoms with Gasteiger partial charge in [-0.15, -0.1) is 0 Å². The van der Waals surface area contributed by atoms with Gasteiger partial charge in [0.25, 0.3) is 0 Å². The fourth-order valence-electron chi connectivity index (χ4n) is 1.05. The van der Waals surface area contributed by atoms with E-state index in [9.17, 15) is 14.9 Å². The molecule has 0 radical (unpaired) electrons. The number of nitro groups is 1. The zero-order valence-electron chi connectivity index (χ0n) is 9.07. The van der Waals surface area contributed by atoms with Crippen molar-refractivity contribution in [3.05, 3.63) is 40.3 Å². The Kier molecular flexibility index (Phi) is 4.79.